The van der Waals surface area contributed by atoms with Crippen molar-refractivity contribution in [1.82, 2.24) is 0 Å². The molecular formula is C32H40F2O. The fraction of sp³-hybridized carbons (Fsp3) is 0.500. The van der Waals surface area contributed by atoms with Crippen LogP contribution in [0.5, 0.6) is 0 Å². The van der Waals surface area contributed by atoms with Crippen molar-refractivity contribution in [3.63, 3.8) is 0 Å². The Kier molecular flexibility index (Phi) is 8.94. The topological polar surface area (TPSA) is 9.23 Å². The third-order valence-corrected chi connectivity index (χ3v) is 8.18. The van der Waals surface area contributed by atoms with Crippen molar-refractivity contribution in [2.24, 2.45) is 11.8 Å². The van der Waals surface area contributed by atoms with Crippen molar-refractivity contribution in [1.29, 1.82) is 0 Å². The molecule has 3 heteroatoms. The number of allylic oxidation sites excluding steroid dienone is 3. The summed E-state index contributed by atoms with van der Waals surface area (Å²) < 4.78 is 34.4. The molecule has 0 spiro atoms. The van der Waals surface area contributed by atoms with Gasteiger partial charge in [0, 0.05) is 0 Å². The molecule has 0 N–H and O–H groups in total. The Morgan fingerprint density at radius 1 is 0.800 bits per heavy atom. The highest BCUT2D eigenvalue weighted by Gasteiger charge is 2.33. The summed E-state index contributed by atoms with van der Waals surface area (Å²) in [5.74, 6) is 2.40. The van der Waals surface area contributed by atoms with Gasteiger partial charge in [-0.2, -0.15) is 8.78 Å². The van der Waals surface area contributed by atoms with Gasteiger partial charge in [-0.25, -0.2) is 0 Å². The maximum Gasteiger partial charge on any atom is 0.383 e. The van der Waals surface area contributed by atoms with Crippen LogP contribution in [0.4, 0.5) is 8.78 Å². The van der Waals surface area contributed by atoms with E-state index < -0.39 is 6.11 Å². The molecule has 35 heavy (non-hydrogen) atoms. The van der Waals surface area contributed by atoms with Crippen LogP contribution in [-0.4, -0.2) is 6.61 Å². The maximum atomic E-state index is 14.7. The summed E-state index contributed by atoms with van der Waals surface area (Å²) in [5, 5.41) is 0. The van der Waals surface area contributed by atoms with Crippen molar-refractivity contribution >= 4 is 0 Å². The Bertz CT molecular complexity index is 944. The van der Waals surface area contributed by atoms with Gasteiger partial charge in [-0.15, -0.1) is 6.58 Å². The molecule has 0 aliphatic heterocycles. The number of ether oxygens (including phenoxy) is 1. The number of hydrogen-bond acceptors (Lipinski definition) is 1. The average molecular weight is 479 g/mol. The van der Waals surface area contributed by atoms with Gasteiger partial charge in [0.05, 0.1) is 12.2 Å². The second kappa shape index (κ2) is 12.1. The van der Waals surface area contributed by atoms with Crippen LogP contribution in [0.2, 0.25) is 0 Å². The highest BCUT2D eigenvalue weighted by molar-refractivity contribution is 5.28. The molecule has 4 rings (SSSR count). The molecule has 2 aromatic rings. The Labute approximate surface area is 210 Å². The summed E-state index contributed by atoms with van der Waals surface area (Å²) in [6, 6.07) is 15.3. The summed E-state index contributed by atoms with van der Waals surface area (Å²) >= 11 is 0. The molecule has 188 valence electrons. The molecule has 0 radical (unpaired) electrons. The number of alkyl halides is 2. The lowest BCUT2D eigenvalue weighted by Crippen LogP contribution is -2.20. The van der Waals surface area contributed by atoms with Crippen molar-refractivity contribution in [3.8, 4) is 0 Å². The first kappa shape index (κ1) is 25.8. The summed E-state index contributed by atoms with van der Waals surface area (Å²) in [7, 11) is 0. The minimum Gasteiger partial charge on any atom is -0.316 e. The van der Waals surface area contributed by atoms with E-state index in [4.69, 9.17) is 4.74 Å². The zero-order valence-corrected chi connectivity index (χ0v) is 21.1. The largest absolute Gasteiger partial charge is 0.383 e. The highest BCUT2D eigenvalue weighted by Crippen LogP contribution is 2.38. The van der Waals surface area contributed by atoms with Gasteiger partial charge < -0.3 is 4.74 Å². The third kappa shape index (κ3) is 6.91. The zero-order valence-electron chi connectivity index (χ0n) is 21.1. The van der Waals surface area contributed by atoms with Crippen LogP contribution in [0.3, 0.4) is 0 Å². The van der Waals surface area contributed by atoms with Crippen LogP contribution in [-0.2, 0) is 17.3 Å². The van der Waals surface area contributed by atoms with Gasteiger partial charge in [-0.05, 0) is 105 Å². The maximum absolute atomic E-state index is 14.7. The molecule has 0 bridgehead atoms. The number of hydrogen-bond donors (Lipinski definition) is 0. The summed E-state index contributed by atoms with van der Waals surface area (Å²) in [4.78, 5) is 0. The second-order valence-corrected chi connectivity index (χ2v) is 10.5. The van der Waals surface area contributed by atoms with E-state index in [2.05, 4.69) is 49.9 Å². The van der Waals surface area contributed by atoms with E-state index in [1.54, 1.807) is 0 Å². The molecule has 0 saturated heterocycles. The van der Waals surface area contributed by atoms with Crippen LogP contribution < -0.4 is 0 Å². The second-order valence-electron chi connectivity index (χ2n) is 10.5. The Morgan fingerprint density at radius 3 is 1.83 bits per heavy atom. The van der Waals surface area contributed by atoms with Crippen LogP contribution in [0, 0.1) is 11.8 Å². The first-order valence-electron chi connectivity index (χ1n) is 13.4. The van der Waals surface area contributed by atoms with Gasteiger partial charge in [0.2, 0.25) is 0 Å². The van der Waals surface area contributed by atoms with Crippen molar-refractivity contribution < 1.29 is 13.5 Å². The molecule has 0 heterocycles. The van der Waals surface area contributed by atoms with E-state index in [-0.39, 0.29) is 12.2 Å². The van der Waals surface area contributed by atoms with Gasteiger partial charge in [0.25, 0.3) is 0 Å². The number of halogens is 2. The summed E-state index contributed by atoms with van der Waals surface area (Å²) in [6.07, 6.45) is 13.1. The SMILES string of the molecule is C=CC1CCC(c2ccc(C(F)(F)OCCc3ccc(C4CCC(C=CC)CC4)cc3)cc2)CC1. The molecule has 2 aliphatic carbocycles. The summed E-state index contributed by atoms with van der Waals surface area (Å²) in [6.45, 7) is 5.98. The number of rotatable bonds is 9. The smallest absolute Gasteiger partial charge is 0.316 e. The van der Waals surface area contributed by atoms with E-state index in [0.29, 0.717) is 24.2 Å². The molecule has 2 fully saturated rings. The lowest BCUT2D eigenvalue weighted by atomic mass is 9.78. The van der Waals surface area contributed by atoms with E-state index in [1.165, 1.54) is 43.4 Å². The summed E-state index contributed by atoms with van der Waals surface area (Å²) in [5.41, 5.74) is 3.50. The van der Waals surface area contributed by atoms with Crippen LogP contribution >= 0.6 is 0 Å². The molecule has 0 aromatic heterocycles. The fourth-order valence-corrected chi connectivity index (χ4v) is 5.89. The van der Waals surface area contributed by atoms with E-state index in [0.717, 1.165) is 42.7 Å². The average Bonchev–Trinajstić information content (AvgIpc) is 2.90. The Morgan fingerprint density at radius 2 is 1.31 bits per heavy atom. The molecule has 0 unspecified atom stereocenters. The van der Waals surface area contributed by atoms with Crippen molar-refractivity contribution in [2.45, 2.75) is 82.7 Å². The van der Waals surface area contributed by atoms with Gasteiger partial charge in [0.15, 0.2) is 0 Å². The lowest BCUT2D eigenvalue weighted by Gasteiger charge is -2.27. The zero-order chi connectivity index (χ0) is 24.7. The van der Waals surface area contributed by atoms with E-state index >= 15 is 0 Å². The van der Waals surface area contributed by atoms with Crippen LogP contribution in [0.15, 0.2) is 73.3 Å². The first-order valence-corrected chi connectivity index (χ1v) is 13.4. The number of benzene rings is 2. The third-order valence-electron chi connectivity index (χ3n) is 8.18. The lowest BCUT2D eigenvalue weighted by molar-refractivity contribution is -0.248. The van der Waals surface area contributed by atoms with E-state index in [9.17, 15) is 8.78 Å². The van der Waals surface area contributed by atoms with Crippen LogP contribution in [0.25, 0.3) is 0 Å². The van der Waals surface area contributed by atoms with Gasteiger partial charge >= 0.3 is 6.11 Å². The molecule has 1 nitrogen and oxygen atoms in total. The molecule has 0 amide bonds. The first-order chi connectivity index (χ1) is 17.0. The van der Waals surface area contributed by atoms with Crippen molar-refractivity contribution in [2.75, 3.05) is 6.61 Å². The van der Waals surface area contributed by atoms with Crippen LogP contribution in [0.1, 0.15) is 92.4 Å². The minimum absolute atomic E-state index is 0.00583. The Balaban J connectivity index is 1.24. The quantitative estimate of drug-likeness (QED) is 0.326. The monoisotopic (exact) mass is 478 g/mol. The predicted octanol–water partition coefficient (Wildman–Crippen LogP) is 9.30. The molecule has 2 saturated carbocycles. The molecular weight excluding hydrogens is 438 g/mol. The normalized spacial score (nSPS) is 25.6. The van der Waals surface area contributed by atoms with Gasteiger partial charge in [0.1, 0.15) is 0 Å². The molecule has 2 aromatic carbocycles. The molecule has 2 aliphatic rings. The Hall–Kier alpha value is -2.26. The van der Waals surface area contributed by atoms with Gasteiger partial charge in [-0.3, -0.25) is 0 Å². The standard InChI is InChI=1S/C32H40F2O/c1-3-5-25-8-14-28(15-9-25)29-16-10-26(11-17-29)22-23-35-32(33,34)31-20-18-30(19-21-31)27-12-6-24(4-2)7-13-27/h3-5,10-11,16-21,24-25,27-28H,2,6-9,12-15,22-23H2,1H3. The van der Waals surface area contributed by atoms with Crippen molar-refractivity contribution in [3.05, 3.63) is 95.6 Å². The predicted molar refractivity (Wildman–Crippen MR) is 141 cm³/mol. The van der Waals surface area contributed by atoms with E-state index in [1.807, 2.05) is 18.2 Å². The fourth-order valence-electron chi connectivity index (χ4n) is 5.89. The van der Waals surface area contributed by atoms with Gasteiger partial charge in [-0.1, -0.05) is 66.8 Å². The highest BCUT2D eigenvalue weighted by atomic mass is 19.3. The minimum atomic E-state index is -3.27. The molecule has 0 atom stereocenters.